The summed E-state index contributed by atoms with van der Waals surface area (Å²) in [4.78, 5) is 5.00. The lowest BCUT2D eigenvalue weighted by Gasteiger charge is -2.09. The third-order valence-corrected chi connectivity index (χ3v) is 3.15. The Labute approximate surface area is 107 Å². The third-order valence-electron chi connectivity index (χ3n) is 1.92. The van der Waals surface area contributed by atoms with Crippen molar-refractivity contribution in [3.63, 3.8) is 0 Å². The molecule has 104 valence electrons. The molecule has 0 atom stereocenters. The van der Waals surface area contributed by atoms with Gasteiger partial charge in [-0.25, -0.2) is 8.42 Å². The smallest absolute Gasteiger partial charge is 0.277 e. The molecule has 0 fully saturated rings. The van der Waals surface area contributed by atoms with E-state index < -0.39 is 22.8 Å². The second kappa shape index (κ2) is 6.01. The van der Waals surface area contributed by atoms with Gasteiger partial charge >= 0.3 is 6.18 Å². The average molecular weight is 294 g/mol. The Morgan fingerprint density at radius 3 is 2.32 bits per heavy atom. The molecule has 1 rings (SSSR count). The van der Waals surface area contributed by atoms with Crippen molar-refractivity contribution < 1.29 is 26.4 Å². The van der Waals surface area contributed by atoms with Crippen LogP contribution in [-0.2, 0) is 21.3 Å². The molecule has 0 unspecified atom stereocenters. The molecule has 0 saturated carbocycles. The monoisotopic (exact) mass is 294 g/mol. The first kappa shape index (κ1) is 15.4. The van der Waals surface area contributed by atoms with Gasteiger partial charge in [0.2, 0.25) is 0 Å². The Hall–Kier alpha value is -1.63. The van der Waals surface area contributed by atoms with Crippen molar-refractivity contribution in [2.24, 2.45) is 0 Å². The van der Waals surface area contributed by atoms with Crippen molar-refractivity contribution in [2.75, 3.05) is 6.61 Å². The van der Waals surface area contributed by atoms with Crippen molar-refractivity contribution in [1.29, 1.82) is 5.26 Å². The Bertz CT molecular complexity index is 561. The van der Waals surface area contributed by atoms with Gasteiger partial charge in [-0.1, -0.05) is 17.0 Å². The van der Waals surface area contributed by atoms with Crippen molar-refractivity contribution in [2.45, 2.75) is 17.5 Å². The number of nitrogens with zero attached hydrogens (tertiary/aromatic N) is 1. The maximum atomic E-state index is 11.8. The van der Waals surface area contributed by atoms with Crippen molar-refractivity contribution in [3.8, 4) is 6.07 Å². The molecular formula is C10H9F3N2O3S. The zero-order valence-electron chi connectivity index (χ0n) is 9.44. The second-order valence-electron chi connectivity index (χ2n) is 3.47. The predicted molar refractivity (Wildman–Crippen MR) is 58.1 cm³/mol. The van der Waals surface area contributed by atoms with Gasteiger partial charge in [0.1, 0.15) is 0 Å². The maximum absolute atomic E-state index is 11.8. The van der Waals surface area contributed by atoms with Crippen molar-refractivity contribution in [3.05, 3.63) is 29.8 Å². The molecule has 0 aliphatic rings. The van der Waals surface area contributed by atoms with Crippen LogP contribution < -0.4 is 4.89 Å². The topological polar surface area (TPSA) is 79.2 Å². The van der Waals surface area contributed by atoms with Gasteiger partial charge in [0.05, 0.1) is 17.4 Å². The molecule has 0 amide bonds. The van der Waals surface area contributed by atoms with Crippen LogP contribution in [0.25, 0.3) is 0 Å². The van der Waals surface area contributed by atoms with Gasteiger partial charge in [-0.15, -0.1) is 0 Å². The molecule has 0 aliphatic carbocycles. The fraction of sp³-hybridized carbons (Fsp3) is 0.300. The lowest BCUT2D eigenvalue weighted by Crippen LogP contribution is -2.29. The summed E-state index contributed by atoms with van der Waals surface area (Å²) in [7, 11) is -4.17. The molecule has 19 heavy (non-hydrogen) atoms. The minimum atomic E-state index is -4.63. The van der Waals surface area contributed by atoms with E-state index in [4.69, 9.17) is 5.26 Å². The van der Waals surface area contributed by atoms with Crippen LogP contribution >= 0.6 is 0 Å². The Morgan fingerprint density at radius 2 is 1.84 bits per heavy atom. The highest BCUT2D eigenvalue weighted by atomic mass is 32.2. The van der Waals surface area contributed by atoms with Crippen molar-refractivity contribution >= 4 is 10.0 Å². The summed E-state index contributed by atoms with van der Waals surface area (Å²) in [6.45, 7) is -1.72. The molecule has 0 aliphatic heterocycles. The fourth-order valence-electron chi connectivity index (χ4n) is 1.11. The van der Waals surface area contributed by atoms with E-state index in [9.17, 15) is 21.6 Å². The maximum Gasteiger partial charge on any atom is 0.413 e. The number of sulfonamides is 1. The number of hydrogen-bond donors (Lipinski definition) is 1. The lowest BCUT2D eigenvalue weighted by atomic mass is 10.2. The van der Waals surface area contributed by atoms with E-state index in [1.807, 2.05) is 6.07 Å². The average Bonchev–Trinajstić information content (AvgIpc) is 2.28. The van der Waals surface area contributed by atoms with Gasteiger partial charge in [0.25, 0.3) is 10.0 Å². The Kier molecular flexibility index (Phi) is 4.88. The third kappa shape index (κ3) is 5.25. The molecule has 0 radical (unpaired) electrons. The molecule has 0 heterocycles. The van der Waals surface area contributed by atoms with E-state index in [1.165, 1.54) is 29.2 Å². The van der Waals surface area contributed by atoms with Crippen LogP contribution in [0.2, 0.25) is 0 Å². The largest absolute Gasteiger partial charge is 0.413 e. The zero-order chi connectivity index (χ0) is 14.5. The molecule has 1 N–H and O–H groups in total. The first-order chi connectivity index (χ1) is 8.74. The van der Waals surface area contributed by atoms with E-state index in [2.05, 4.69) is 4.84 Å². The SMILES string of the molecule is N#CCc1ccc(S(=O)(=O)NOCC(F)(F)F)cc1. The zero-order valence-corrected chi connectivity index (χ0v) is 10.3. The number of alkyl halides is 3. The van der Waals surface area contributed by atoms with E-state index in [0.29, 0.717) is 5.56 Å². The molecule has 0 aromatic heterocycles. The summed E-state index contributed by atoms with van der Waals surface area (Å²) < 4.78 is 58.4. The molecule has 9 heteroatoms. The van der Waals surface area contributed by atoms with E-state index >= 15 is 0 Å². The first-order valence-corrected chi connectivity index (χ1v) is 6.39. The minimum Gasteiger partial charge on any atom is -0.277 e. The summed E-state index contributed by atoms with van der Waals surface area (Å²) in [5.41, 5.74) is 0.595. The number of halogens is 3. The molecular weight excluding hydrogens is 285 g/mol. The highest BCUT2D eigenvalue weighted by molar-refractivity contribution is 7.89. The Morgan fingerprint density at radius 1 is 1.26 bits per heavy atom. The van der Waals surface area contributed by atoms with Gasteiger partial charge in [0, 0.05) is 0 Å². The number of rotatable bonds is 5. The van der Waals surface area contributed by atoms with Crippen molar-refractivity contribution in [1.82, 2.24) is 4.89 Å². The summed E-state index contributed by atoms with van der Waals surface area (Å²) in [6.07, 6.45) is -4.52. The Balaban J connectivity index is 2.70. The fourth-order valence-corrected chi connectivity index (χ4v) is 1.92. The highest BCUT2D eigenvalue weighted by Gasteiger charge is 2.29. The lowest BCUT2D eigenvalue weighted by molar-refractivity contribution is -0.181. The van der Waals surface area contributed by atoms with Gasteiger partial charge in [-0.2, -0.15) is 18.4 Å². The van der Waals surface area contributed by atoms with Gasteiger partial charge in [0.15, 0.2) is 6.61 Å². The standard InChI is InChI=1S/C10H9F3N2O3S/c11-10(12,13)7-18-15-19(16,17)9-3-1-8(2-4-9)5-6-14/h1-4,15H,5,7H2. The normalized spacial score (nSPS) is 12.1. The van der Waals surface area contributed by atoms with Crippen LogP contribution in [0.15, 0.2) is 29.2 Å². The molecule has 1 aromatic rings. The summed E-state index contributed by atoms with van der Waals surface area (Å²) >= 11 is 0. The summed E-state index contributed by atoms with van der Waals surface area (Å²) in [5, 5.41) is 8.43. The van der Waals surface area contributed by atoms with Crippen LogP contribution in [0, 0.1) is 11.3 Å². The van der Waals surface area contributed by atoms with Gasteiger partial charge in [-0.05, 0) is 17.7 Å². The quantitative estimate of drug-likeness (QED) is 0.835. The van der Waals surface area contributed by atoms with Crippen LogP contribution in [0.3, 0.4) is 0 Å². The predicted octanol–water partition coefficient (Wildman–Crippen LogP) is 1.52. The molecule has 5 nitrogen and oxygen atoms in total. The number of hydrogen-bond acceptors (Lipinski definition) is 4. The summed E-state index contributed by atoms with van der Waals surface area (Å²) in [6, 6.07) is 7.00. The highest BCUT2D eigenvalue weighted by Crippen LogP contribution is 2.15. The number of benzene rings is 1. The number of nitrogens with one attached hydrogen (secondary N) is 1. The van der Waals surface area contributed by atoms with Crippen LogP contribution in [0.5, 0.6) is 0 Å². The van der Waals surface area contributed by atoms with Crippen LogP contribution in [0.1, 0.15) is 5.56 Å². The van der Waals surface area contributed by atoms with E-state index in [-0.39, 0.29) is 11.3 Å². The first-order valence-electron chi connectivity index (χ1n) is 4.91. The van der Waals surface area contributed by atoms with E-state index in [1.54, 1.807) is 0 Å². The molecule has 0 spiro atoms. The molecule has 0 saturated heterocycles. The second-order valence-corrected chi connectivity index (χ2v) is 5.11. The minimum absolute atomic E-state index is 0.109. The molecule has 1 aromatic carbocycles. The van der Waals surface area contributed by atoms with Crippen LogP contribution in [-0.4, -0.2) is 21.2 Å². The number of nitriles is 1. The van der Waals surface area contributed by atoms with E-state index in [0.717, 1.165) is 0 Å². The summed E-state index contributed by atoms with van der Waals surface area (Å²) in [5.74, 6) is 0. The van der Waals surface area contributed by atoms with Gasteiger partial charge in [-0.3, -0.25) is 4.84 Å². The molecule has 0 bridgehead atoms. The van der Waals surface area contributed by atoms with Gasteiger partial charge < -0.3 is 0 Å². The van der Waals surface area contributed by atoms with Crippen LogP contribution in [0.4, 0.5) is 13.2 Å².